The Hall–Kier alpha value is -1.90. The van der Waals surface area contributed by atoms with E-state index in [0.717, 1.165) is 0 Å². The smallest absolute Gasteiger partial charge is 0.258 e. The highest BCUT2D eigenvalue weighted by Gasteiger charge is 1.96. The second-order valence-electron chi connectivity index (χ2n) is 2.65. The van der Waals surface area contributed by atoms with Crippen LogP contribution in [0.15, 0.2) is 41.8 Å². The van der Waals surface area contributed by atoms with E-state index >= 15 is 0 Å². The van der Waals surface area contributed by atoms with Crippen LogP contribution in [0.5, 0.6) is 0 Å². The molecule has 0 radical (unpaired) electrons. The lowest BCUT2D eigenvalue weighted by Crippen LogP contribution is -2.13. The molecule has 0 unspecified atom stereocenters. The quantitative estimate of drug-likeness (QED) is 0.650. The van der Waals surface area contributed by atoms with Crippen molar-refractivity contribution in [3.05, 3.63) is 53.1 Å². The van der Waals surface area contributed by atoms with Crippen LogP contribution in [0.4, 0.5) is 0 Å². The van der Waals surface area contributed by atoms with E-state index < -0.39 is 0 Å². The molecule has 13 heavy (non-hydrogen) atoms. The second kappa shape index (κ2) is 2.86. The van der Waals surface area contributed by atoms with Crippen LogP contribution in [-0.4, -0.2) is 9.38 Å². The van der Waals surface area contributed by atoms with Gasteiger partial charge in [-0.3, -0.25) is 9.20 Å². The molecule has 2 rings (SSSR count). The van der Waals surface area contributed by atoms with Crippen LogP contribution in [0.2, 0.25) is 0 Å². The van der Waals surface area contributed by atoms with E-state index in [0.29, 0.717) is 11.3 Å². The molecule has 0 aliphatic carbocycles. The van der Waals surface area contributed by atoms with E-state index in [9.17, 15) is 4.79 Å². The van der Waals surface area contributed by atoms with Crippen molar-refractivity contribution in [2.75, 3.05) is 0 Å². The predicted octanol–water partition coefficient (Wildman–Crippen LogP) is 1.34. The summed E-state index contributed by atoms with van der Waals surface area (Å²) in [5.41, 5.74) is 1.17. The number of rotatable bonds is 1. The largest absolute Gasteiger partial charge is 0.269 e. The summed E-state index contributed by atoms with van der Waals surface area (Å²) in [4.78, 5) is 15.6. The van der Waals surface area contributed by atoms with Gasteiger partial charge in [-0.25, -0.2) is 4.98 Å². The van der Waals surface area contributed by atoms with Crippen molar-refractivity contribution in [2.45, 2.75) is 0 Å². The first-order chi connectivity index (χ1) is 6.31. The van der Waals surface area contributed by atoms with Crippen LogP contribution in [-0.2, 0) is 0 Å². The molecule has 3 nitrogen and oxygen atoms in total. The summed E-state index contributed by atoms with van der Waals surface area (Å²) < 4.78 is 1.49. The first-order valence-corrected chi connectivity index (χ1v) is 3.92. The highest BCUT2D eigenvalue weighted by molar-refractivity contribution is 5.47. The van der Waals surface area contributed by atoms with Gasteiger partial charge in [0.25, 0.3) is 5.56 Å². The first-order valence-electron chi connectivity index (χ1n) is 3.92. The molecule has 3 heteroatoms. The molecule has 0 amide bonds. The molecular weight excluding hydrogens is 164 g/mol. The molecule has 0 saturated carbocycles. The molecule has 0 bridgehead atoms. The third kappa shape index (κ3) is 1.24. The number of fused-ring (bicyclic) bond motifs is 1. The molecule has 0 aliphatic heterocycles. The maximum atomic E-state index is 11.4. The summed E-state index contributed by atoms with van der Waals surface area (Å²) in [5.74, 6) is 0. The van der Waals surface area contributed by atoms with Gasteiger partial charge in [0, 0.05) is 12.3 Å². The summed E-state index contributed by atoms with van der Waals surface area (Å²) in [5, 5.41) is 0. The SMILES string of the molecule is C=Cc1cc(=O)n2ccccc2n1. The highest BCUT2D eigenvalue weighted by Crippen LogP contribution is 1.98. The number of aromatic nitrogens is 2. The van der Waals surface area contributed by atoms with Gasteiger partial charge in [-0.1, -0.05) is 12.6 Å². The molecule has 2 aromatic heterocycles. The Morgan fingerprint density at radius 1 is 1.46 bits per heavy atom. The molecule has 0 aliphatic rings. The summed E-state index contributed by atoms with van der Waals surface area (Å²) >= 11 is 0. The number of hydrogen-bond donors (Lipinski definition) is 0. The van der Waals surface area contributed by atoms with Gasteiger partial charge in [-0.05, 0) is 18.2 Å². The van der Waals surface area contributed by atoms with Crippen molar-refractivity contribution in [1.29, 1.82) is 0 Å². The third-order valence-electron chi connectivity index (χ3n) is 1.80. The van der Waals surface area contributed by atoms with Gasteiger partial charge in [-0.2, -0.15) is 0 Å². The lowest BCUT2D eigenvalue weighted by molar-refractivity contribution is 1.04. The van der Waals surface area contributed by atoms with Gasteiger partial charge < -0.3 is 0 Å². The fraction of sp³-hybridized carbons (Fsp3) is 0. The Morgan fingerprint density at radius 2 is 2.31 bits per heavy atom. The van der Waals surface area contributed by atoms with Gasteiger partial charge >= 0.3 is 0 Å². The summed E-state index contributed by atoms with van der Waals surface area (Å²) in [7, 11) is 0. The molecule has 0 atom stereocenters. The molecular formula is C10H8N2O. The second-order valence-corrected chi connectivity index (χ2v) is 2.65. The van der Waals surface area contributed by atoms with Crippen LogP contribution >= 0.6 is 0 Å². The number of nitrogens with zero attached hydrogens (tertiary/aromatic N) is 2. The fourth-order valence-electron chi connectivity index (χ4n) is 1.18. The molecule has 0 fully saturated rings. The molecule has 2 heterocycles. The van der Waals surface area contributed by atoms with E-state index in [1.165, 1.54) is 10.5 Å². The van der Waals surface area contributed by atoms with Crippen molar-refractivity contribution in [1.82, 2.24) is 9.38 Å². The zero-order valence-corrected chi connectivity index (χ0v) is 6.97. The van der Waals surface area contributed by atoms with Crippen molar-refractivity contribution in [3.63, 3.8) is 0 Å². The molecule has 0 spiro atoms. The van der Waals surface area contributed by atoms with Crippen LogP contribution in [0.3, 0.4) is 0 Å². The Balaban J connectivity index is 2.92. The Kier molecular flexibility index (Phi) is 1.70. The zero-order chi connectivity index (χ0) is 9.26. The van der Waals surface area contributed by atoms with Crippen LogP contribution < -0.4 is 5.56 Å². The van der Waals surface area contributed by atoms with E-state index in [2.05, 4.69) is 11.6 Å². The average Bonchev–Trinajstić information content (AvgIpc) is 2.18. The van der Waals surface area contributed by atoms with Gasteiger partial charge in [0.1, 0.15) is 5.65 Å². The van der Waals surface area contributed by atoms with Crippen molar-refractivity contribution >= 4 is 11.7 Å². The van der Waals surface area contributed by atoms with Crippen LogP contribution in [0.1, 0.15) is 5.69 Å². The van der Waals surface area contributed by atoms with E-state index in [-0.39, 0.29) is 5.56 Å². The predicted molar refractivity (Wildman–Crippen MR) is 51.6 cm³/mol. The van der Waals surface area contributed by atoms with E-state index in [1.54, 1.807) is 24.4 Å². The molecule has 0 N–H and O–H groups in total. The molecule has 0 aromatic carbocycles. The van der Waals surface area contributed by atoms with E-state index in [1.807, 2.05) is 6.07 Å². The number of hydrogen-bond acceptors (Lipinski definition) is 2. The molecule has 64 valence electrons. The summed E-state index contributed by atoms with van der Waals surface area (Å²) in [6.07, 6.45) is 3.26. The van der Waals surface area contributed by atoms with Crippen molar-refractivity contribution < 1.29 is 0 Å². The van der Waals surface area contributed by atoms with E-state index in [4.69, 9.17) is 0 Å². The average molecular weight is 172 g/mol. The fourth-order valence-corrected chi connectivity index (χ4v) is 1.18. The van der Waals surface area contributed by atoms with Crippen molar-refractivity contribution in [3.8, 4) is 0 Å². The van der Waals surface area contributed by atoms with Gasteiger partial charge in [0.2, 0.25) is 0 Å². The maximum Gasteiger partial charge on any atom is 0.258 e. The normalized spacial score (nSPS) is 10.2. The Bertz CT molecular complexity index is 514. The molecule has 0 saturated heterocycles. The number of pyridine rings is 1. The van der Waals surface area contributed by atoms with Crippen molar-refractivity contribution in [2.24, 2.45) is 0 Å². The molecule has 2 aromatic rings. The minimum Gasteiger partial charge on any atom is -0.269 e. The summed E-state index contributed by atoms with van der Waals surface area (Å²) in [6.45, 7) is 3.57. The Morgan fingerprint density at radius 3 is 3.08 bits per heavy atom. The monoisotopic (exact) mass is 172 g/mol. The minimum absolute atomic E-state index is 0.0829. The zero-order valence-electron chi connectivity index (χ0n) is 6.97. The van der Waals surface area contributed by atoms with Gasteiger partial charge in [-0.15, -0.1) is 0 Å². The maximum absolute atomic E-state index is 11.4. The standard InChI is InChI=1S/C10H8N2O/c1-2-8-7-10(13)12-6-4-3-5-9(12)11-8/h2-7H,1H2. The van der Waals surface area contributed by atoms with Crippen LogP contribution in [0.25, 0.3) is 11.7 Å². The Labute approximate surface area is 75.0 Å². The summed E-state index contributed by atoms with van der Waals surface area (Å²) in [6, 6.07) is 6.88. The first kappa shape index (κ1) is 7.73. The van der Waals surface area contributed by atoms with Gasteiger partial charge in [0.15, 0.2) is 0 Å². The lowest BCUT2D eigenvalue weighted by atomic mass is 10.4. The van der Waals surface area contributed by atoms with Gasteiger partial charge in [0.05, 0.1) is 5.69 Å². The third-order valence-corrected chi connectivity index (χ3v) is 1.80. The minimum atomic E-state index is -0.0829. The lowest BCUT2D eigenvalue weighted by Gasteiger charge is -1.98. The topological polar surface area (TPSA) is 34.4 Å². The highest BCUT2D eigenvalue weighted by atomic mass is 16.1. The van der Waals surface area contributed by atoms with Crippen LogP contribution in [0, 0.1) is 0 Å².